The van der Waals surface area contributed by atoms with Gasteiger partial charge in [-0.05, 0) is 41.5 Å². The first-order valence-electron chi connectivity index (χ1n) is 9.51. The number of ether oxygens (including phenoxy) is 2. The van der Waals surface area contributed by atoms with E-state index in [0.29, 0.717) is 16.9 Å². The molecule has 0 radical (unpaired) electrons. The molecule has 1 N–H and O–H groups in total. The molecule has 0 spiro atoms. The van der Waals surface area contributed by atoms with E-state index < -0.39 is 10.0 Å². The molecular formula is C24H23NO5S. The second kappa shape index (κ2) is 10.1. The fourth-order valence-electron chi connectivity index (χ4n) is 2.88. The van der Waals surface area contributed by atoms with Gasteiger partial charge in [0.1, 0.15) is 16.4 Å². The smallest absolute Gasteiger partial charge is 0.244 e. The maximum absolute atomic E-state index is 12.9. The van der Waals surface area contributed by atoms with Crippen LogP contribution in [-0.4, -0.2) is 28.4 Å². The SMILES string of the molecule is COc1ccc(CNS(=O)(=O)c2cc(/C=C/C(=O)c3ccccc3)ccc2OC)cc1. The summed E-state index contributed by atoms with van der Waals surface area (Å²) in [7, 11) is -0.878. The van der Waals surface area contributed by atoms with Gasteiger partial charge in [0, 0.05) is 12.1 Å². The molecule has 0 fully saturated rings. The zero-order valence-corrected chi connectivity index (χ0v) is 18.1. The van der Waals surface area contributed by atoms with Crippen LogP contribution in [0, 0.1) is 0 Å². The van der Waals surface area contributed by atoms with Crippen molar-refractivity contribution < 1.29 is 22.7 Å². The summed E-state index contributed by atoms with van der Waals surface area (Å²) in [4.78, 5) is 12.3. The summed E-state index contributed by atoms with van der Waals surface area (Å²) in [5.41, 5.74) is 1.91. The number of nitrogens with one attached hydrogen (secondary N) is 1. The first-order chi connectivity index (χ1) is 14.9. The number of hydrogen-bond donors (Lipinski definition) is 1. The molecule has 3 aromatic carbocycles. The molecule has 3 rings (SSSR count). The van der Waals surface area contributed by atoms with Crippen molar-refractivity contribution in [1.82, 2.24) is 4.72 Å². The van der Waals surface area contributed by atoms with Gasteiger partial charge in [-0.15, -0.1) is 0 Å². The summed E-state index contributed by atoms with van der Waals surface area (Å²) in [5.74, 6) is 0.741. The van der Waals surface area contributed by atoms with Crippen molar-refractivity contribution >= 4 is 21.9 Å². The molecule has 0 unspecified atom stereocenters. The highest BCUT2D eigenvalue weighted by Crippen LogP contribution is 2.26. The van der Waals surface area contributed by atoms with Crippen LogP contribution in [0.15, 0.2) is 83.8 Å². The van der Waals surface area contributed by atoms with Crippen molar-refractivity contribution in [3.63, 3.8) is 0 Å². The van der Waals surface area contributed by atoms with E-state index in [2.05, 4.69) is 4.72 Å². The molecule has 31 heavy (non-hydrogen) atoms. The van der Waals surface area contributed by atoms with Crippen molar-refractivity contribution in [3.8, 4) is 11.5 Å². The summed E-state index contributed by atoms with van der Waals surface area (Å²) in [6.45, 7) is 0.113. The van der Waals surface area contributed by atoms with E-state index in [1.807, 2.05) is 6.07 Å². The Morgan fingerprint density at radius 1 is 0.935 bits per heavy atom. The number of carbonyl (C=O) groups excluding carboxylic acids is 1. The first kappa shape index (κ1) is 22.3. The predicted molar refractivity (Wildman–Crippen MR) is 120 cm³/mol. The minimum Gasteiger partial charge on any atom is -0.497 e. The molecule has 7 heteroatoms. The Morgan fingerprint density at radius 3 is 2.29 bits per heavy atom. The Kier molecular flexibility index (Phi) is 7.23. The van der Waals surface area contributed by atoms with Crippen molar-refractivity contribution in [2.45, 2.75) is 11.4 Å². The van der Waals surface area contributed by atoms with E-state index >= 15 is 0 Å². The van der Waals surface area contributed by atoms with Crippen molar-refractivity contribution in [2.24, 2.45) is 0 Å². The molecule has 0 amide bonds. The quantitative estimate of drug-likeness (QED) is 0.403. The average molecular weight is 438 g/mol. The van der Waals surface area contributed by atoms with Crippen LogP contribution >= 0.6 is 0 Å². The largest absolute Gasteiger partial charge is 0.497 e. The lowest BCUT2D eigenvalue weighted by atomic mass is 10.1. The number of carbonyl (C=O) groups is 1. The van der Waals surface area contributed by atoms with Crippen LogP contribution in [0.25, 0.3) is 6.08 Å². The number of rotatable bonds is 9. The summed E-state index contributed by atoms with van der Waals surface area (Å²) >= 11 is 0. The molecule has 0 aliphatic rings. The van der Waals surface area contributed by atoms with Gasteiger partial charge < -0.3 is 9.47 Å². The van der Waals surface area contributed by atoms with Gasteiger partial charge in [0.15, 0.2) is 5.78 Å². The van der Waals surface area contributed by atoms with E-state index in [1.54, 1.807) is 73.8 Å². The average Bonchev–Trinajstić information content (AvgIpc) is 2.82. The predicted octanol–water partition coefficient (Wildman–Crippen LogP) is 4.08. The third-order valence-corrected chi connectivity index (χ3v) is 6.01. The second-order valence-corrected chi connectivity index (χ2v) is 8.38. The highest BCUT2D eigenvalue weighted by molar-refractivity contribution is 7.89. The minimum absolute atomic E-state index is 0.00202. The molecule has 0 atom stereocenters. The van der Waals surface area contributed by atoms with Gasteiger partial charge in [0.05, 0.1) is 14.2 Å². The van der Waals surface area contributed by atoms with Crippen LogP contribution in [0.5, 0.6) is 11.5 Å². The van der Waals surface area contributed by atoms with Gasteiger partial charge in [-0.25, -0.2) is 13.1 Å². The van der Waals surface area contributed by atoms with Gasteiger partial charge in [-0.1, -0.05) is 54.6 Å². The summed E-state index contributed by atoms with van der Waals surface area (Å²) in [5, 5.41) is 0. The molecule has 0 heterocycles. The lowest BCUT2D eigenvalue weighted by molar-refractivity contribution is 0.104. The van der Waals surface area contributed by atoms with Gasteiger partial charge in [-0.3, -0.25) is 4.79 Å². The van der Waals surface area contributed by atoms with Crippen LogP contribution < -0.4 is 14.2 Å². The van der Waals surface area contributed by atoms with Crippen LogP contribution in [0.1, 0.15) is 21.5 Å². The zero-order valence-electron chi connectivity index (χ0n) is 17.2. The summed E-state index contributed by atoms with van der Waals surface area (Å²) < 4.78 is 38.8. The fourth-order valence-corrected chi connectivity index (χ4v) is 4.10. The van der Waals surface area contributed by atoms with Crippen molar-refractivity contribution in [2.75, 3.05) is 14.2 Å². The topological polar surface area (TPSA) is 81.7 Å². The van der Waals surface area contributed by atoms with Crippen LogP contribution in [-0.2, 0) is 16.6 Å². The summed E-state index contributed by atoms with van der Waals surface area (Å²) in [6.07, 6.45) is 3.00. The molecule has 0 aromatic heterocycles. The number of benzene rings is 3. The zero-order chi connectivity index (χ0) is 22.3. The van der Waals surface area contributed by atoms with Crippen LogP contribution in [0.2, 0.25) is 0 Å². The van der Waals surface area contributed by atoms with Crippen LogP contribution in [0.4, 0.5) is 0 Å². The maximum Gasteiger partial charge on any atom is 0.244 e. The van der Waals surface area contributed by atoms with Crippen molar-refractivity contribution in [1.29, 1.82) is 0 Å². The van der Waals surface area contributed by atoms with E-state index in [0.717, 1.165) is 5.56 Å². The number of methoxy groups -OCH3 is 2. The molecule has 0 bridgehead atoms. The third-order valence-electron chi connectivity index (χ3n) is 4.59. The Balaban J connectivity index is 1.80. The number of hydrogen-bond acceptors (Lipinski definition) is 5. The first-order valence-corrected chi connectivity index (χ1v) is 11.0. The van der Waals surface area contributed by atoms with E-state index in [4.69, 9.17) is 9.47 Å². The van der Waals surface area contributed by atoms with Gasteiger partial charge in [0.2, 0.25) is 10.0 Å². The molecule has 0 aliphatic carbocycles. The second-order valence-electron chi connectivity index (χ2n) is 6.65. The Morgan fingerprint density at radius 2 is 1.65 bits per heavy atom. The lowest BCUT2D eigenvalue weighted by Crippen LogP contribution is -2.23. The third kappa shape index (κ3) is 5.81. The van der Waals surface area contributed by atoms with Crippen molar-refractivity contribution in [3.05, 3.63) is 95.6 Å². The van der Waals surface area contributed by atoms with E-state index in [9.17, 15) is 13.2 Å². The normalized spacial score (nSPS) is 11.4. The van der Waals surface area contributed by atoms with Gasteiger partial charge in [0.25, 0.3) is 0 Å². The van der Waals surface area contributed by atoms with E-state index in [1.165, 1.54) is 19.3 Å². The standard InChI is InChI=1S/C24H23NO5S/c1-29-21-12-8-19(9-13-21)17-25-31(27,28)24-16-18(11-15-23(24)30-2)10-14-22(26)20-6-4-3-5-7-20/h3-16,25H,17H2,1-2H3/b14-10+. The molecule has 6 nitrogen and oxygen atoms in total. The Labute approximate surface area is 182 Å². The number of allylic oxidation sites excluding steroid dienone is 1. The number of sulfonamides is 1. The fraction of sp³-hybridized carbons (Fsp3) is 0.125. The van der Waals surface area contributed by atoms with E-state index in [-0.39, 0.29) is 23.0 Å². The van der Waals surface area contributed by atoms with Gasteiger partial charge >= 0.3 is 0 Å². The molecule has 0 saturated carbocycles. The Hall–Kier alpha value is -3.42. The lowest BCUT2D eigenvalue weighted by Gasteiger charge is -2.12. The molecule has 0 saturated heterocycles. The highest BCUT2D eigenvalue weighted by atomic mass is 32.2. The highest BCUT2D eigenvalue weighted by Gasteiger charge is 2.19. The molecular weight excluding hydrogens is 414 g/mol. The monoisotopic (exact) mass is 437 g/mol. The number of ketones is 1. The summed E-state index contributed by atoms with van der Waals surface area (Å²) in [6, 6.07) is 20.7. The Bertz CT molecular complexity index is 1170. The molecule has 160 valence electrons. The van der Waals surface area contributed by atoms with Crippen LogP contribution in [0.3, 0.4) is 0 Å². The maximum atomic E-state index is 12.9. The minimum atomic E-state index is -3.86. The van der Waals surface area contributed by atoms with Gasteiger partial charge in [-0.2, -0.15) is 0 Å². The molecule has 0 aliphatic heterocycles. The molecule has 3 aromatic rings.